The molecule has 0 saturated heterocycles. The highest BCUT2D eigenvalue weighted by atomic mass is 19.3. The summed E-state index contributed by atoms with van der Waals surface area (Å²) in [6, 6.07) is 3.11. The molecule has 2 aliphatic rings. The Morgan fingerprint density at radius 3 is 2.26 bits per heavy atom. The maximum Gasteiger partial charge on any atom is 0.270 e. The Bertz CT molecular complexity index is 507. The molecule has 19 heavy (non-hydrogen) atoms. The number of hydrogen-bond donors (Lipinski definition) is 1. The molecule has 1 fully saturated rings. The van der Waals surface area contributed by atoms with Gasteiger partial charge in [-0.25, -0.2) is 8.78 Å². The van der Waals surface area contributed by atoms with Gasteiger partial charge < -0.3 is 15.2 Å². The lowest BCUT2D eigenvalue weighted by atomic mass is 9.88. The zero-order valence-corrected chi connectivity index (χ0v) is 10.8. The third kappa shape index (κ3) is 2.06. The van der Waals surface area contributed by atoms with Crippen LogP contribution in [0.15, 0.2) is 12.1 Å². The topological polar surface area (TPSA) is 44.5 Å². The Morgan fingerprint density at radius 1 is 1.21 bits per heavy atom. The number of ether oxygens (including phenoxy) is 2. The molecule has 3 nitrogen and oxygen atoms in total. The molecular weight excluding hydrogens is 252 g/mol. The number of benzene rings is 1. The average Bonchev–Trinajstić information content (AvgIpc) is 3.17. The summed E-state index contributed by atoms with van der Waals surface area (Å²) in [6.07, 6.45) is 1.71. The van der Waals surface area contributed by atoms with Gasteiger partial charge in [0.25, 0.3) is 5.92 Å². The fourth-order valence-electron chi connectivity index (χ4n) is 2.63. The lowest BCUT2D eigenvalue weighted by Crippen LogP contribution is -2.25. The van der Waals surface area contributed by atoms with Crippen LogP contribution >= 0.6 is 0 Å². The largest absolute Gasteiger partial charge is 0.486 e. The first kappa shape index (κ1) is 12.7. The average molecular weight is 269 g/mol. The Labute approximate surface area is 110 Å². The molecule has 0 atom stereocenters. The smallest absolute Gasteiger partial charge is 0.270 e. The normalized spacial score (nSPS) is 20.2. The summed E-state index contributed by atoms with van der Waals surface area (Å²) in [6.45, 7) is 2.14. The van der Waals surface area contributed by atoms with Crippen molar-refractivity contribution in [2.24, 2.45) is 5.73 Å². The zero-order valence-electron chi connectivity index (χ0n) is 10.8. The highest BCUT2D eigenvalue weighted by Gasteiger charge is 2.47. The van der Waals surface area contributed by atoms with Gasteiger partial charge in [0.2, 0.25) is 0 Å². The van der Waals surface area contributed by atoms with Crippen LogP contribution in [0, 0.1) is 0 Å². The van der Waals surface area contributed by atoms with Gasteiger partial charge >= 0.3 is 0 Å². The van der Waals surface area contributed by atoms with E-state index in [9.17, 15) is 8.78 Å². The molecule has 1 aromatic rings. The Balaban J connectivity index is 2.15. The minimum Gasteiger partial charge on any atom is -0.486 e. The van der Waals surface area contributed by atoms with Crippen LogP contribution in [0.1, 0.15) is 30.9 Å². The molecule has 1 aromatic carbocycles. The molecule has 0 spiro atoms. The summed E-state index contributed by atoms with van der Waals surface area (Å²) in [5.74, 6) is -1.95. The van der Waals surface area contributed by atoms with Crippen molar-refractivity contribution >= 4 is 0 Å². The van der Waals surface area contributed by atoms with Crippen LogP contribution in [0.5, 0.6) is 11.5 Å². The van der Waals surface area contributed by atoms with Crippen LogP contribution in [-0.2, 0) is 11.3 Å². The molecule has 0 unspecified atom stereocenters. The quantitative estimate of drug-likeness (QED) is 0.917. The predicted molar refractivity (Wildman–Crippen MR) is 67.0 cm³/mol. The first-order valence-electron chi connectivity index (χ1n) is 6.49. The molecule has 0 radical (unpaired) electrons. The van der Waals surface area contributed by atoms with Crippen LogP contribution < -0.4 is 15.2 Å². The third-order valence-electron chi connectivity index (χ3n) is 3.97. The predicted octanol–water partition coefficient (Wildman–Crippen LogP) is 2.56. The maximum atomic E-state index is 13.8. The van der Waals surface area contributed by atoms with Gasteiger partial charge in [0.1, 0.15) is 13.2 Å². The molecule has 0 bridgehead atoms. The van der Waals surface area contributed by atoms with Gasteiger partial charge in [0.05, 0.1) is 0 Å². The van der Waals surface area contributed by atoms with Crippen LogP contribution in [0.25, 0.3) is 0 Å². The standard InChI is InChI=1S/C14H17F2NO2/c1-13(15,16)9-6-11-12(19-5-4-18-11)7-10(9)14(8-17)2-3-14/h6-7H,2-5,8,17H2,1H3. The molecule has 0 aromatic heterocycles. The molecule has 0 amide bonds. The zero-order chi connectivity index (χ0) is 13.7. The number of halogens is 2. The van der Waals surface area contributed by atoms with Gasteiger partial charge in [-0.15, -0.1) is 0 Å². The second-order valence-electron chi connectivity index (χ2n) is 5.41. The van der Waals surface area contributed by atoms with Crippen molar-refractivity contribution in [2.75, 3.05) is 19.8 Å². The number of rotatable bonds is 3. The molecule has 5 heteroatoms. The molecular formula is C14H17F2NO2. The first-order chi connectivity index (χ1) is 8.96. The van der Waals surface area contributed by atoms with E-state index in [1.54, 1.807) is 6.07 Å². The monoisotopic (exact) mass is 269 g/mol. The van der Waals surface area contributed by atoms with Gasteiger partial charge in [-0.3, -0.25) is 0 Å². The molecule has 1 saturated carbocycles. The van der Waals surface area contributed by atoms with E-state index in [-0.39, 0.29) is 11.0 Å². The van der Waals surface area contributed by atoms with Crippen LogP contribution in [0.2, 0.25) is 0 Å². The molecule has 104 valence electrons. The van der Waals surface area contributed by atoms with E-state index in [1.165, 1.54) is 6.07 Å². The number of hydrogen-bond acceptors (Lipinski definition) is 3. The van der Waals surface area contributed by atoms with Crippen molar-refractivity contribution in [1.29, 1.82) is 0 Å². The molecule has 2 N–H and O–H groups in total. The van der Waals surface area contributed by atoms with Crippen molar-refractivity contribution in [1.82, 2.24) is 0 Å². The lowest BCUT2D eigenvalue weighted by molar-refractivity contribution is 0.0154. The summed E-state index contributed by atoms with van der Waals surface area (Å²) in [7, 11) is 0. The Kier molecular flexibility index (Phi) is 2.71. The molecule has 3 rings (SSSR count). The molecule has 1 aliphatic carbocycles. The first-order valence-corrected chi connectivity index (χ1v) is 6.49. The van der Waals surface area contributed by atoms with Crippen LogP contribution in [0.3, 0.4) is 0 Å². The fraction of sp³-hybridized carbons (Fsp3) is 0.571. The lowest BCUT2D eigenvalue weighted by Gasteiger charge is -2.26. The fourth-order valence-corrected chi connectivity index (χ4v) is 2.63. The molecule has 1 heterocycles. The summed E-state index contributed by atoms with van der Waals surface area (Å²) >= 11 is 0. The Hall–Kier alpha value is -1.36. The maximum absolute atomic E-state index is 13.8. The highest BCUT2D eigenvalue weighted by Crippen LogP contribution is 2.53. The SMILES string of the molecule is CC(F)(F)c1cc2c(cc1C1(CN)CC1)OCCO2. The second-order valence-corrected chi connectivity index (χ2v) is 5.41. The Morgan fingerprint density at radius 2 is 1.79 bits per heavy atom. The van der Waals surface area contributed by atoms with E-state index in [2.05, 4.69) is 0 Å². The van der Waals surface area contributed by atoms with Gasteiger partial charge in [-0.1, -0.05) is 0 Å². The van der Waals surface area contributed by atoms with E-state index in [1.807, 2.05) is 0 Å². The van der Waals surface area contributed by atoms with Gasteiger partial charge in [-0.2, -0.15) is 0 Å². The van der Waals surface area contributed by atoms with Gasteiger partial charge in [0.15, 0.2) is 11.5 Å². The number of fused-ring (bicyclic) bond motifs is 1. The van der Waals surface area contributed by atoms with E-state index in [4.69, 9.17) is 15.2 Å². The van der Waals surface area contributed by atoms with Gasteiger partial charge in [-0.05, 0) is 30.5 Å². The van der Waals surface area contributed by atoms with E-state index < -0.39 is 5.92 Å². The number of alkyl halides is 2. The molecule has 1 aliphatic heterocycles. The highest BCUT2D eigenvalue weighted by molar-refractivity contribution is 5.53. The van der Waals surface area contributed by atoms with Crippen molar-refractivity contribution in [3.05, 3.63) is 23.3 Å². The van der Waals surface area contributed by atoms with Crippen molar-refractivity contribution in [2.45, 2.75) is 31.1 Å². The minimum absolute atomic E-state index is 0.0136. The minimum atomic E-state index is -2.91. The summed E-state index contributed by atoms with van der Waals surface area (Å²) in [5, 5.41) is 0. The summed E-state index contributed by atoms with van der Waals surface area (Å²) < 4.78 is 38.6. The van der Waals surface area contributed by atoms with E-state index >= 15 is 0 Å². The van der Waals surface area contributed by atoms with Crippen LogP contribution in [-0.4, -0.2) is 19.8 Å². The van der Waals surface area contributed by atoms with Crippen molar-refractivity contribution in [3.8, 4) is 11.5 Å². The second kappa shape index (κ2) is 4.07. The van der Waals surface area contributed by atoms with E-state index in [0.717, 1.165) is 19.8 Å². The van der Waals surface area contributed by atoms with Gasteiger partial charge in [0, 0.05) is 24.4 Å². The van der Waals surface area contributed by atoms with Crippen molar-refractivity contribution in [3.63, 3.8) is 0 Å². The van der Waals surface area contributed by atoms with Crippen molar-refractivity contribution < 1.29 is 18.3 Å². The number of nitrogens with two attached hydrogens (primary N) is 1. The van der Waals surface area contributed by atoms with E-state index in [0.29, 0.717) is 36.8 Å². The summed E-state index contributed by atoms with van der Waals surface area (Å²) in [5.41, 5.74) is 6.10. The van der Waals surface area contributed by atoms with Crippen LogP contribution in [0.4, 0.5) is 8.78 Å². The summed E-state index contributed by atoms with van der Waals surface area (Å²) in [4.78, 5) is 0. The third-order valence-corrected chi connectivity index (χ3v) is 3.97.